The minimum absolute atomic E-state index is 0.172. The average Bonchev–Trinajstić information content (AvgIpc) is 2.76. The largest absolute Gasteiger partial charge is 0.352 e. The molecule has 0 radical (unpaired) electrons. The van der Waals surface area contributed by atoms with Crippen molar-refractivity contribution in [3.05, 3.63) is 47.0 Å². The predicted molar refractivity (Wildman–Crippen MR) is 82.3 cm³/mol. The van der Waals surface area contributed by atoms with Crippen LogP contribution in [-0.2, 0) is 6.54 Å². The molecule has 0 unspecified atom stereocenters. The monoisotopic (exact) mass is 307 g/mol. The van der Waals surface area contributed by atoms with Crippen molar-refractivity contribution < 1.29 is 9.18 Å². The maximum absolute atomic E-state index is 13.1. The van der Waals surface area contributed by atoms with Crippen LogP contribution >= 0.6 is 12.6 Å². The van der Waals surface area contributed by atoms with Crippen LogP contribution in [0.3, 0.4) is 0 Å². The average molecular weight is 307 g/mol. The molecule has 0 bridgehead atoms. The quantitative estimate of drug-likeness (QED) is 0.659. The first-order chi connectivity index (χ1) is 9.97. The lowest BCUT2D eigenvalue weighted by Crippen LogP contribution is -2.25. The molecule has 0 aliphatic heterocycles. The number of hydrogen-bond acceptors (Lipinski definition) is 3. The molecule has 0 saturated carbocycles. The van der Waals surface area contributed by atoms with Gasteiger partial charge < -0.3 is 5.32 Å². The zero-order valence-corrected chi connectivity index (χ0v) is 13.0. The summed E-state index contributed by atoms with van der Waals surface area (Å²) >= 11 is 3.97. The van der Waals surface area contributed by atoms with E-state index < -0.39 is 5.82 Å². The van der Waals surface area contributed by atoms with Crippen LogP contribution < -0.4 is 5.32 Å². The van der Waals surface area contributed by atoms with Crippen LogP contribution in [0.5, 0.6) is 0 Å². The number of thiol groups is 1. The summed E-state index contributed by atoms with van der Waals surface area (Å²) in [4.78, 5) is 12.1. The zero-order valence-electron chi connectivity index (χ0n) is 12.1. The second-order valence-corrected chi connectivity index (χ2v) is 5.41. The first kappa shape index (κ1) is 15.6. The highest BCUT2D eigenvalue weighted by Crippen LogP contribution is 2.14. The zero-order chi connectivity index (χ0) is 15.4. The second-order valence-electron chi connectivity index (χ2n) is 4.93. The molecule has 0 spiro atoms. The van der Waals surface area contributed by atoms with Crippen molar-refractivity contribution in [2.24, 2.45) is 0 Å². The van der Waals surface area contributed by atoms with Gasteiger partial charge in [0.1, 0.15) is 5.82 Å². The van der Waals surface area contributed by atoms with Gasteiger partial charge in [0.2, 0.25) is 0 Å². The predicted octanol–water partition coefficient (Wildman–Crippen LogP) is 2.75. The fraction of sp³-hybridized carbons (Fsp3) is 0.333. The summed E-state index contributed by atoms with van der Waals surface area (Å²) in [5, 5.41) is 7.16. The van der Waals surface area contributed by atoms with Crippen molar-refractivity contribution in [1.82, 2.24) is 15.1 Å². The van der Waals surface area contributed by atoms with Gasteiger partial charge in [-0.05, 0) is 44.5 Å². The number of benzene rings is 1. The number of aromatic nitrogens is 2. The Morgan fingerprint density at radius 2 is 2.14 bits per heavy atom. The van der Waals surface area contributed by atoms with E-state index in [0.717, 1.165) is 24.4 Å². The third kappa shape index (κ3) is 4.07. The molecule has 0 atom stereocenters. The lowest BCUT2D eigenvalue weighted by molar-refractivity contribution is 0.0952. The maximum atomic E-state index is 13.1. The Morgan fingerprint density at radius 1 is 1.38 bits per heavy atom. The van der Waals surface area contributed by atoms with Gasteiger partial charge in [-0.2, -0.15) is 5.10 Å². The third-order valence-electron chi connectivity index (χ3n) is 3.14. The van der Waals surface area contributed by atoms with Crippen molar-refractivity contribution in [3.63, 3.8) is 0 Å². The van der Waals surface area contributed by atoms with Crippen LogP contribution in [0.25, 0.3) is 0 Å². The van der Waals surface area contributed by atoms with Gasteiger partial charge in [-0.1, -0.05) is 0 Å². The molecule has 2 rings (SSSR count). The SMILES string of the molecule is Cc1cc(C)n(CCCNC(=O)c2ccc(F)c(S)c2)n1. The number of carbonyl (C=O) groups excluding carboxylic acids is 1. The van der Waals surface area contributed by atoms with Gasteiger partial charge in [0.15, 0.2) is 0 Å². The lowest BCUT2D eigenvalue weighted by atomic mass is 10.2. The molecular weight excluding hydrogens is 289 g/mol. The molecule has 4 nitrogen and oxygen atoms in total. The molecule has 0 fully saturated rings. The molecule has 0 aliphatic rings. The molecule has 2 aromatic rings. The van der Waals surface area contributed by atoms with E-state index in [-0.39, 0.29) is 10.8 Å². The van der Waals surface area contributed by atoms with Crippen LogP contribution in [0.1, 0.15) is 28.2 Å². The molecule has 6 heteroatoms. The third-order valence-corrected chi connectivity index (χ3v) is 3.49. The lowest BCUT2D eigenvalue weighted by Gasteiger charge is -2.07. The molecule has 1 heterocycles. The van der Waals surface area contributed by atoms with E-state index in [9.17, 15) is 9.18 Å². The summed E-state index contributed by atoms with van der Waals surface area (Å²) in [6.07, 6.45) is 0.780. The highest BCUT2D eigenvalue weighted by atomic mass is 32.1. The van der Waals surface area contributed by atoms with E-state index in [0.29, 0.717) is 12.1 Å². The number of aryl methyl sites for hydroxylation is 3. The van der Waals surface area contributed by atoms with Crippen molar-refractivity contribution in [2.75, 3.05) is 6.54 Å². The Hall–Kier alpha value is -1.82. The number of nitrogens with one attached hydrogen (secondary N) is 1. The summed E-state index contributed by atoms with van der Waals surface area (Å²) in [5.41, 5.74) is 2.51. The number of amides is 1. The maximum Gasteiger partial charge on any atom is 0.251 e. The number of hydrogen-bond donors (Lipinski definition) is 2. The molecular formula is C15H18FN3OS. The van der Waals surface area contributed by atoms with Gasteiger partial charge in [0, 0.05) is 29.2 Å². The van der Waals surface area contributed by atoms with E-state index in [4.69, 9.17) is 0 Å². The van der Waals surface area contributed by atoms with Crippen LogP contribution in [0.15, 0.2) is 29.2 Å². The number of carbonyl (C=O) groups is 1. The standard InChI is InChI=1S/C15H18FN3OS/c1-10-8-11(2)19(18-10)7-3-6-17-15(20)12-4-5-13(16)14(21)9-12/h4-5,8-9,21H,3,6-7H2,1-2H3,(H,17,20). The van der Waals surface area contributed by atoms with Crippen LogP contribution in [-0.4, -0.2) is 22.2 Å². The van der Waals surface area contributed by atoms with E-state index in [1.165, 1.54) is 18.2 Å². The smallest absolute Gasteiger partial charge is 0.251 e. The topological polar surface area (TPSA) is 46.9 Å². The Bertz CT molecular complexity index is 654. The number of halogens is 1. The second kappa shape index (κ2) is 6.76. The Balaban J connectivity index is 1.81. The summed E-state index contributed by atoms with van der Waals surface area (Å²) in [7, 11) is 0. The minimum Gasteiger partial charge on any atom is -0.352 e. The van der Waals surface area contributed by atoms with E-state index >= 15 is 0 Å². The van der Waals surface area contributed by atoms with Crippen molar-refractivity contribution in [3.8, 4) is 0 Å². The highest BCUT2D eigenvalue weighted by Gasteiger charge is 2.07. The molecule has 21 heavy (non-hydrogen) atoms. The fourth-order valence-electron chi connectivity index (χ4n) is 2.09. The first-order valence-corrected chi connectivity index (χ1v) is 7.20. The highest BCUT2D eigenvalue weighted by molar-refractivity contribution is 7.80. The van der Waals surface area contributed by atoms with E-state index in [2.05, 4.69) is 23.0 Å². The summed E-state index contributed by atoms with van der Waals surface area (Å²) < 4.78 is 15.0. The number of nitrogens with zero attached hydrogens (tertiary/aromatic N) is 2. The van der Waals surface area contributed by atoms with Crippen molar-refractivity contribution >= 4 is 18.5 Å². The van der Waals surface area contributed by atoms with Gasteiger partial charge in [-0.15, -0.1) is 12.6 Å². The van der Waals surface area contributed by atoms with Crippen molar-refractivity contribution in [1.29, 1.82) is 0 Å². The Morgan fingerprint density at radius 3 is 2.76 bits per heavy atom. The molecule has 1 aromatic heterocycles. The molecule has 112 valence electrons. The Labute approximate surface area is 128 Å². The molecule has 1 N–H and O–H groups in total. The molecule has 0 aliphatic carbocycles. The van der Waals surface area contributed by atoms with Gasteiger partial charge in [-0.3, -0.25) is 9.48 Å². The fourth-order valence-corrected chi connectivity index (χ4v) is 2.30. The first-order valence-electron chi connectivity index (χ1n) is 6.75. The van der Waals surface area contributed by atoms with Gasteiger partial charge in [-0.25, -0.2) is 4.39 Å². The summed E-state index contributed by atoms with van der Waals surface area (Å²) in [5.74, 6) is -0.655. The molecule has 0 saturated heterocycles. The Kier molecular flexibility index (Phi) is 5.01. The van der Waals surface area contributed by atoms with Gasteiger partial charge >= 0.3 is 0 Å². The van der Waals surface area contributed by atoms with E-state index in [1.807, 2.05) is 24.6 Å². The van der Waals surface area contributed by atoms with Gasteiger partial charge in [0.05, 0.1) is 5.69 Å². The minimum atomic E-state index is -0.431. The van der Waals surface area contributed by atoms with Crippen molar-refractivity contribution in [2.45, 2.75) is 31.7 Å². The summed E-state index contributed by atoms with van der Waals surface area (Å²) in [6, 6.07) is 6.14. The van der Waals surface area contributed by atoms with Gasteiger partial charge in [0.25, 0.3) is 5.91 Å². The normalized spacial score (nSPS) is 10.7. The number of rotatable bonds is 5. The van der Waals surface area contributed by atoms with Crippen LogP contribution in [0, 0.1) is 19.7 Å². The summed E-state index contributed by atoms with van der Waals surface area (Å²) in [6.45, 7) is 5.25. The van der Waals surface area contributed by atoms with Crippen LogP contribution in [0.4, 0.5) is 4.39 Å². The van der Waals surface area contributed by atoms with E-state index in [1.54, 1.807) is 0 Å². The molecule has 1 amide bonds. The molecule has 1 aromatic carbocycles. The van der Waals surface area contributed by atoms with Crippen LogP contribution in [0.2, 0.25) is 0 Å².